The lowest BCUT2D eigenvalue weighted by atomic mass is 9.83. The number of nitrogens with zero attached hydrogens (tertiary/aromatic N) is 1. The van der Waals surface area contributed by atoms with E-state index in [0.29, 0.717) is 24.2 Å². The molecule has 0 aliphatic heterocycles. The molecule has 1 unspecified atom stereocenters. The Morgan fingerprint density at radius 3 is 3.15 bits per heavy atom. The summed E-state index contributed by atoms with van der Waals surface area (Å²) in [4.78, 5) is 10.8. The molecule has 5 heteroatoms. The Bertz CT molecular complexity index is 346. The summed E-state index contributed by atoms with van der Waals surface area (Å²) in [5.41, 5.74) is -1.50. The zero-order chi connectivity index (χ0) is 9.47. The van der Waals surface area contributed by atoms with Gasteiger partial charge in [0.25, 0.3) is 0 Å². The minimum absolute atomic E-state index is 0.219. The molecule has 0 saturated carbocycles. The Balaban J connectivity index is 2.51. The van der Waals surface area contributed by atoms with Crippen LogP contribution in [0.15, 0.2) is 10.7 Å². The third-order valence-electron chi connectivity index (χ3n) is 2.39. The first-order chi connectivity index (χ1) is 6.14. The minimum Gasteiger partial charge on any atom is -0.479 e. The molecule has 0 fully saturated rings. The topological polar surface area (TPSA) is 83.6 Å². The number of carboxylic acid groups (broad SMARTS) is 1. The number of carbonyl (C=O) groups is 1. The monoisotopic (exact) mass is 183 g/mol. The van der Waals surface area contributed by atoms with Crippen molar-refractivity contribution in [3.8, 4) is 0 Å². The second-order valence-corrected chi connectivity index (χ2v) is 3.18. The highest BCUT2D eigenvalue weighted by Crippen LogP contribution is 2.35. The van der Waals surface area contributed by atoms with Crippen LogP contribution in [0, 0.1) is 0 Å². The molecule has 0 radical (unpaired) electrons. The maximum absolute atomic E-state index is 10.8. The van der Waals surface area contributed by atoms with Gasteiger partial charge in [-0.05, 0) is 12.8 Å². The van der Waals surface area contributed by atoms with Gasteiger partial charge in [0.1, 0.15) is 5.76 Å². The number of aryl methyl sites for hydroxylation is 1. The van der Waals surface area contributed by atoms with E-state index in [1.54, 1.807) is 0 Å². The molecule has 0 spiro atoms. The van der Waals surface area contributed by atoms with Gasteiger partial charge in [-0.1, -0.05) is 5.16 Å². The van der Waals surface area contributed by atoms with Crippen LogP contribution in [-0.4, -0.2) is 21.3 Å². The molecular weight excluding hydrogens is 174 g/mol. The first kappa shape index (κ1) is 8.25. The Labute approximate surface area is 74.0 Å². The summed E-state index contributed by atoms with van der Waals surface area (Å²) < 4.78 is 4.83. The van der Waals surface area contributed by atoms with Gasteiger partial charge in [0.05, 0.1) is 11.8 Å². The zero-order valence-electron chi connectivity index (χ0n) is 6.86. The van der Waals surface area contributed by atoms with Crippen LogP contribution in [0.2, 0.25) is 0 Å². The summed E-state index contributed by atoms with van der Waals surface area (Å²) >= 11 is 0. The largest absolute Gasteiger partial charge is 0.479 e. The Kier molecular flexibility index (Phi) is 1.63. The second-order valence-electron chi connectivity index (χ2n) is 3.18. The van der Waals surface area contributed by atoms with Crippen LogP contribution in [0.4, 0.5) is 0 Å². The summed E-state index contributed by atoms with van der Waals surface area (Å²) in [6, 6.07) is 0. The first-order valence-corrected chi connectivity index (χ1v) is 4.04. The average Bonchev–Trinajstić information content (AvgIpc) is 2.53. The predicted octanol–water partition coefficient (Wildman–Crippen LogP) is 0.283. The number of fused-ring (bicyclic) bond motifs is 1. The van der Waals surface area contributed by atoms with Gasteiger partial charge in [-0.15, -0.1) is 0 Å². The molecule has 1 atom stereocenters. The fourth-order valence-electron chi connectivity index (χ4n) is 1.64. The fraction of sp³-hybridized carbons (Fsp3) is 0.500. The first-order valence-electron chi connectivity index (χ1n) is 4.04. The van der Waals surface area contributed by atoms with E-state index in [9.17, 15) is 9.90 Å². The molecule has 1 aliphatic rings. The van der Waals surface area contributed by atoms with Gasteiger partial charge in [-0.25, -0.2) is 4.79 Å². The number of aromatic nitrogens is 1. The average molecular weight is 183 g/mol. The normalized spacial score (nSPS) is 26.8. The molecule has 0 bridgehead atoms. The summed E-state index contributed by atoms with van der Waals surface area (Å²) in [6.45, 7) is 0. The predicted molar refractivity (Wildman–Crippen MR) is 41.0 cm³/mol. The van der Waals surface area contributed by atoms with Crippen molar-refractivity contribution >= 4 is 5.97 Å². The van der Waals surface area contributed by atoms with Crippen LogP contribution in [-0.2, 0) is 16.8 Å². The van der Waals surface area contributed by atoms with Gasteiger partial charge >= 0.3 is 5.97 Å². The maximum Gasteiger partial charge on any atom is 0.340 e. The molecule has 0 amide bonds. The van der Waals surface area contributed by atoms with E-state index in [-0.39, 0.29) is 6.42 Å². The standard InChI is InChI=1S/C8H9NO4/c10-7(11)8(12)3-1-2-6-5(8)4-9-13-6/h4,12H,1-3H2,(H,10,11). The van der Waals surface area contributed by atoms with Crippen LogP contribution >= 0.6 is 0 Å². The highest BCUT2D eigenvalue weighted by molar-refractivity contribution is 5.79. The van der Waals surface area contributed by atoms with Crippen molar-refractivity contribution in [3.05, 3.63) is 17.5 Å². The lowest BCUT2D eigenvalue weighted by molar-refractivity contribution is -0.161. The molecule has 1 aromatic heterocycles. The highest BCUT2D eigenvalue weighted by atomic mass is 16.5. The smallest absolute Gasteiger partial charge is 0.340 e. The zero-order valence-corrected chi connectivity index (χ0v) is 6.86. The van der Waals surface area contributed by atoms with Crippen molar-refractivity contribution in [1.82, 2.24) is 5.16 Å². The molecule has 0 aromatic carbocycles. The SMILES string of the molecule is O=C(O)C1(O)CCCc2oncc21. The summed E-state index contributed by atoms with van der Waals surface area (Å²) in [7, 11) is 0. The van der Waals surface area contributed by atoms with E-state index in [1.165, 1.54) is 6.20 Å². The van der Waals surface area contributed by atoms with Crippen LogP contribution < -0.4 is 0 Å². The van der Waals surface area contributed by atoms with Gasteiger partial charge in [0.15, 0.2) is 5.60 Å². The molecule has 5 nitrogen and oxygen atoms in total. The second kappa shape index (κ2) is 2.56. The van der Waals surface area contributed by atoms with Gasteiger partial charge in [-0.2, -0.15) is 0 Å². The van der Waals surface area contributed by atoms with Crippen molar-refractivity contribution in [2.24, 2.45) is 0 Å². The summed E-state index contributed by atoms with van der Waals surface area (Å²) in [5.74, 6) is -0.757. The number of carboxylic acids is 1. The molecule has 0 saturated heterocycles. The number of aliphatic hydroxyl groups is 1. The summed E-state index contributed by atoms with van der Waals surface area (Å²) in [5, 5.41) is 22.1. The van der Waals surface area contributed by atoms with Gasteiger partial charge in [-0.3, -0.25) is 0 Å². The van der Waals surface area contributed by atoms with Crippen LogP contribution in [0.1, 0.15) is 24.2 Å². The van der Waals surface area contributed by atoms with Crippen molar-refractivity contribution in [1.29, 1.82) is 0 Å². The van der Waals surface area contributed by atoms with Gasteiger partial charge in [0.2, 0.25) is 0 Å². The van der Waals surface area contributed by atoms with E-state index < -0.39 is 11.6 Å². The third kappa shape index (κ3) is 1.04. The number of hydrogen-bond donors (Lipinski definition) is 2. The molecule has 1 aliphatic carbocycles. The Morgan fingerprint density at radius 2 is 2.46 bits per heavy atom. The van der Waals surface area contributed by atoms with Crippen molar-refractivity contribution in [2.45, 2.75) is 24.9 Å². The van der Waals surface area contributed by atoms with E-state index >= 15 is 0 Å². The van der Waals surface area contributed by atoms with E-state index in [4.69, 9.17) is 9.63 Å². The van der Waals surface area contributed by atoms with E-state index in [1.807, 2.05) is 0 Å². The quantitative estimate of drug-likeness (QED) is 0.653. The minimum atomic E-state index is -1.80. The molecular formula is C8H9NO4. The molecule has 1 aromatic rings. The number of aliphatic carboxylic acids is 1. The highest BCUT2D eigenvalue weighted by Gasteiger charge is 2.43. The molecule has 70 valence electrons. The lowest BCUT2D eigenvalue weighted by Gasteiger charge is -2.25. The molecule has 2 N–H and O–H groups in total. The lowest BCUT2D eigenvalue weighted by Crippen LogP contribution is -2.38. The third-order valence-corrected chi connectivity index (χ3v) is 2.39. The van der Waals surface area contributed by atoms with Crippen LogP contribution in [0.5, 0.6) is 0 Å². The van der Waals surface area contributed by atoms with Crippen LogP contribution in [0.25, 0.3) is 0 Å². The number of hydrogen-bond acceptors (Lipinski definition) is 4. The molecule has 13 heavy (non-hydrogen) atoms. The number of rotatable bonds is 1. The van der Waals surface area contributed by atoms with Crippen molar-refractivity contribution < 1.29 is 19.5 Å². The van der Waals surface area contributed by atoms with Crippen LogP contribution in [0.3, 0.4) is 0 Å². The maximum atomic E-state index is 10.8. The fourth-order valence-corrected chi connectivity index (χ4v) is 1.64. The summed E-state index contributed by atoms with van der Waals surface area (Å²) in [6.07, 6.45) is 2.75. The van der Waals surface area contributed by atoms with Crippen molar-refractivity contribution in [2.75, 3.05) is 0 Å². The van der Waals surface area contributed by atoms with Gasteiger partial charge in [0, 0.05) is 6.42 Å². The van der Waals surface area contributed by atoms with E-state index in [2.05, 4.69) is 5.16 Å². The Hall–Kier alpha value is -1.36. The molecule has 2 rings (SSSR count). The van der Waals surface area contributed by atoms with E-state index in [0.717, 1.165) is 0 Å². The van der Waals surface area contributed by atoms with Gasteiger partial charge < -0.3 is 14.7 Å². The van der Waals surface area contributed by atoms with Crippen molar-refractivity contribution in [3.63, 3.8) is 0 Å². The molecule has 1 heterocycles. The Morgan fingerprint density at radius 1 is 1.69 bits per heavy atom.